The number of carboxylic acids is 1. The van der Waals surface area contributed by atoms with Gasteiger partial charge in [-0.15, -0.1) is 0 Å². The molecule has 0 saturated heterocycles. The maximum Gasteiger partial charge on any atom is 0.374 e. The summed E-state index contributed by atoms with van der Waals surface area (Å²) in [5.74, 6) is -0.453. The number of rotatable bonds is 2. The third kappa shape index (κ3) is 2.12. The summed E-state index contributed by atoms with van der Waals surface area (Å²) in [4.78, 5) is 10.8. The van der Waals surface area contributed by atoms with Gasteiger partial charge in [0.05, 0.1) is 4.47 Å². The SMILES string of the molecule is CC1Cc2cc(-c3cc(C(=O)O)on3)cc(Br)c2O1. The summed E-state index contributed by atoms with van der Waals surface area (Å²) in [5, 5.41) is 12.6. The highest BCUT2D eigenvalue weighted by Crippen LogP contribution is 2.39. The number of halogens is 1. The highest BCUT2D eigenvalue weighted by atomic mass is 79.9. The minimum atomic E-state index is -1.13. The molecule has 3 rings (SSSR count). The highest BCUT2D eigenvalue weighted by Gasteiger charge is 2.23. The standard InChI is InChI=1S/C13H10BrNO4/c1-6-2-8-3-7(4-9(14)12(8)18-6)10-5-11(13(16)17)19-15-10/h3-6H,2H2,1H3,(H,16,17). The number of aromatic carboxylic acids is 1. The number of carbonyl (C=O) groups is 1. The first kappa shape index (κ1) is 12.2. The maximum absolute atomic E-state index is 10.8. The number of benzene rings is 1. The summed E-state index contributed by atoms with van der Waals surface area (Å²) in [6.07, 6.45) is 0.972. The monoisotopic (exact) mass is 323 g/mol. The van der Waals surface area contributed by atoms with Crippen molar-refractivity contribution in [3.8, 4) is 17.0 Å². The predicted octanol–water partition coefficient (Wildman–Crippen LogP) is 3.13. The Morgan fingerprint density at radius 1 is 1.47 bits per heavy atom. The quantitative estimate of drug-likeness (QED) is 0.919. The molecule has 1 aliphatic rings. The zero-order chi connectivity index (χ0) is 13.6. The van der Waals surface area contributed by atoms with Crippen LogP contribution in [0.25, 0.3) is 11.3 Å². The first-order valence-corrected chi connectivity index (χ1v) is 6.53. The number of carboxylic acid groups (broad SMARTS) is 1. The Morgan fingerprint density at radius 3 is 2.95 bits per heavy atom. The summed E-state index contributed by atoms with van der Waals surface area (Å²) in [7, 11) is 0. The van der Waals surface area contributed by atoms with Gasteiger partial charge in [0.1, 0.15) is 17.5 Å². The molecule has 1 aromatic carbocycles. The molecule has 1 aliphatic heterocycles. The fourth-order valence-electron chi connectivity index (χ4n) is 2.15. The molecule has 1 atom stereocenters. The number of hydrogen-bond donors (Lipinski definition) is 1. The van der Waals surface area contributed by atoms with E-state index in [-0.39, 0.29) is 11.9 Å². The van der Waals surface area contributed by atoms with E-state index in [1.807, 2.05) is 19.1 Å². The van der Waals surface area contributed by atoms with Crippen LogP contribution in [-0.4, -0.2) is 22.3 Å². The molecule has 1 aromatic heterocycles. The van der Waals surface area contributed by atoms with E-state index in [1.165, 1.54) is 6.07 Å². The van der Waals surface area contributed by atoms with Crippen molar-refractivity contribution in [3.63, 3.8) is 0 Å². The van der Waals surface area contributed by atoms with Crippen molar-refractivity contribution in [1.82, 2.24) is 5.16 Å². The lowest BCUT2D eigenvalue weighted by molar-refractivity contribution is 0.0652. The van der Waals surface area contributed by atoms with Crippen LogP contribution < -0.4 is 4.74 Å². The van der Waals surface area contributed by atoms with E-state index in [0.717, 1.165) is 27.8 Å². The average molecular weight is 324 g/mol. The average Bonchev–Trinajstić information content (AvgIpc) is 2.94. The van der Waals surface area contributed by atoms with Gasteiger partial charge in [0, 0.05) is 18.1 Å². The van der Waals surface area contributed by atoms with Gasteiger partial charge in [-0.25, -0.2) is 4.79 Å². The summed E-state index contributed by atoms with van der Waals surface area (Å²) >= 11 is 3.46. The first-order valence-electron chi connectivity index (χ1n) is 5.74. The highest BCUT2D eigenvalue weighted by molar-refractivity contribution is 9.10. The summed E-state index contributed by atoms with van der Waals surface area (Å²) < 4.78 is 11.3. The topological polar surface area (TPSA) is 72.6 Å². The van der Waals surface area contributed by atoms with Gasteiger partial charge < -0.3 is 14.4 Å². The second-order valence-electron chi connectivity index (χ2n) is 4.46. The van der Waals surface area contributed by atoms with E-state index < -0.39 is 5.97 Å². The van der Waals surface area contributed by atoms with Crippen LogP contribution in [0.15, 0.2) is 27.2 Å². The smallest absolute Gasteiger partial charge is 0.374 e. The van der Waals surface area contributed by atoms with E-state index in [2.05, 4.69) is 21.1 Å². The third-order valence-electron chi connectivity index (χ3n) is 2.96. The van der Waals surface area contributed by atoms with Gasteiger partial charge in [-0.3, -0.25) is 0 Å². The minimum absolute atomic E-state index is 0.147. The van der Waals surface area contributed by atoms with Crippen LogP contribution in [0.2, 0.25) is 0 Å². The zero-order valence-electron chi connectivity index (χ0n) is 10.0. The number of fused-ring (bicyclic) bond motifs is 1. The Morgan fingerprint density at radius 2 is 2.26 bits per heavy atom. The van der Waals surface area contributed by atoms with Crippen LogP contribution in [0.5, 0.6) is 5.75 Å². The molecule has 0 fully saturated rings. The number of hydrogen-bond acceptors (Lipinski definition) is 4. The molecule has 19 heavy (non-hydrogen) atoms. The Kier molecular flexibility index (Phi) is 2.82. The van der Waals surface area contributed by atoms with Crippen LogP contribution in [0.3, 0.4) is 0 Å². The van der Waals surface area contributed by atoms with Gasteiger partial charge in [0.2, 0.25) is 5.76 Å². The van der Waals surface area contributed by atoms with Crippen molar-refractivity contribution in [1.29, 1.82) is 0 Å². The van der Waals surface area contributed by atoms with Gasteiger partial charge in [-0.05, 0) is 40.5 Å². The predicted molar refractivity (Wildman–Crippen MR) is 70.4 cm³/mol. The molecular weight excluding hydrogens is 314 g/mol. The number of nitrogens with zero attached hydrogens (tertiary/aromatic N) is 1. The molecule has 0 amide bonds. The molecule has 1 unspecified atom stereocenters. The van der Waals surface area contributed by atoms with Gasteiger partial charge >= 0.3 is 5.97 Å². The molecular formula is C13H10BrNO4. The molecule has 98 valence electrons. The lowest BCUT2D eigenvalue weighted by Gasteiger charge is -2.05. The van der Waals surface area contributed by atoms with E-state index in [1.54, 1.807) is 0 Å². The van der Waals surface area contributed by atoms with Crippen molar-refractivity contribution in [2.75, 3.05) is 0 Å². The van der Waals surface area contributed by atoms with Crippen LogP contribution >= 0.6 is 15.9 Å². The van der Waals surface area contributed by atoms with Crippen molar-refractivity contribution < 1.29 is 19.2 Å². The molecule has 2 aromatic rings. The molecule has 0 radical (unpaired) electrons. The van der Waals surface area contributed by atoms with Crippen LogP contribution in [0, 0.1) is 0 Å². The molecule has 6 heteroatoms. The van der Waals surface area contributed by atoms with E-state index in [0.29, 0.717) is 5.69 Å². The first-order chi connectivity index (χ1) is 9.04. The number of ether oxygens (including phenoxy) is 1. The van der Waals surface area contributed by atoms with E-state index in [4.69, 9.17) is 14.4 Å². The molecule has 2 heterocycles. The Balaban J connectivity index is 2.04. The van der Waals surface area contributed by atoms with Gasteiger partial charge in [-0.2, -0.15) is 0 Å². The van der Waals surface area contributed by atoms with Gasteiger partial charge in [-0.1, -0.05) is 5.16 Å². The van der Waals surface area contributed by atoms with Crippen LogP contribution in [-0.2, 0) is 6.42 Å². The summed E-state index contributed by atoms with van der Waals surface area (Å²) in [6.45, 7) is 2.00. The second kappa shape index (κ2) is 4.38. The van der Waals surface area contributed by atoms with Crippen molar-refractivity contribution >= 4 is 21.9 Å². The molecule has 0 aliphatic carbocycles. The largest absolute Gasteiger partial charge is 0.489 e. The van der Waals surface area contributed by atoms with Crippen molar-refractivity contribution in [2.45, 2.75) is 19.4 Å². The fraction of sp³-hybridized carbons (Fsp3) is 0.231. The minimum Gasteiger partial charge on any atom is -0.489 e. The Bertz CT molecular complexity index is 665. The normalized spacial score (nSPS) is 17.1. The fourth-order valence-corrected chi connectivity index (χ4v) is 2.74. The van der Waals surface area contributed by atoms with E-state index >= 15 is 0 Å². The molecule has 5 nitrogen and oxygen atoms in total. The lowest BCUT2D eigenvalue weighted by atomic mass is 10.0. The van der Waals surface area contributed by atoms with Gasteiger partial charge in [0.15, 0.2) is 0 Å². The van der Waals surface area contributed by atoms with Gasteiger partial charge in [0.25, 0.3) is 0 Å². The lowest BCUT2D eigenvalue weighted by Crippen LogP contribution is -2.05. The molecule has 1 N–H and O–H groups in total. The van der Waals surface area contributed by atoms with Crippen molar-refractivity contribution in [2.24, 2.45) is 0 Å². The van der Waals surface area contributed by atoms with Crippen molar-refractivity contribution in [3.05, 3.63) is 34.0 Å². The van der Waals surface area contributed by atoms with Crippen LogP contribution in [0.4, 0.5) is 0 Å². The summed E-state index contributed by atoms with van der Waals surface area (Å²) in [5.41, 5.74) is 2.39. The Hall–Kier alpha value is -1.82. The van der Waals surface area contributed by atoms with Crippen LogP contribution in [0.1, 0.15) is 23.0 Å². The maximum atomic E-state index is 10.8. The third-order valence-corrected chi connectivity index (χ3v) is 3.55. The molecule has 0 spiro atoms. The zero-order valence-corrected chi connectivity index (χ0v) is 11.6. The Labute approximate surface area is 117 Å². The number of aromatic nitrogens is 1. The second-order valence-corrected chi connectivity index (χ2v) is 5.31. The molecule has 0 saturated carbocycles. The summed E-state index contributed by atoms with van der Waals surface area (Å²) in [6, 6.07) is 5.21. The molecule has 0 bridgehead atoms. The van der Waals surface area contributed by atoms with E-state index in [9.17, 15) is 4.79 Å².